The Hall–Kier alpha value is -2.01. The van der Waals surface area contributed by atoms with Crippen molar-refractivity contribution in [2.24, 2.45) is 5.73 Å². The van der Waals surface area contributed by atoms with Gasteiger partial charge in [0.1, 0.15) is 5.83 Å². The molecule has 0 radical (unpaired) electrons. The van der Waals surface area contributed by atoms with E-state index in [1.807, 2.05) is 38.2 Å². The Morgan fingerprint density at radius 1 is 1.29 bits per heavy atom. The lowest BCUT2D eigenvalue weighted by atomic mass is 10.2. The number of carbonyl (C=O) groups excluding carboxylic acids is 1. The number of halogens is 1. The highest BCUT2D eigenvalue weighted by Crippen LogP contribution is 2.21. The van der Waals surface area contributed by atoms with Crippen LogP contribution < -0.4 is 11.1 Å². The third-order valence-electron chi connectivity index (χ3n) is 3.81. The van der Waals surface area contributed by atoms with Crippen LogP contribution >= 0.6 is 11.8 Å². The molecule has 0 saturated heterocycles. The highest BCUT2D eigenvalue weighted by molar-refractivity contribution is 8.03. The number of carbonyl (C=O) groups is 1. The Morgan fingerprint density at radius 2 is 2.04 bits per heavy atom. The van der Waals surface area contributed by atoms with Gasteiger partial charge < -0.3 is 11.1 Å². The fourth-order valence-corrected chi connectivity index (χ4v) is 3.23. The Kier molecular flexibility index (Phi) is 17.0. The minimum absolute atomic E-state index is 0.168. The van der Waals surface area contributed by atoms with Crippen LogP contribution in [0.3, 0.4) is 0 Å². The summed E-state index contributed by atoms with van der Waals surface area (Å²) in [5.41, 5.74) is 6.87. The Bertz CT molecular complexity index is 616. The minimum atomic E-state index is -0.168. The van der Waals surface area contributed by atoms with Crippen LogP contribution in [0.4, 0.5) is 4.39 Å². The zero-order valence-electron chi connectivity index (χ0n) is 17.4. The SMILES string of the molecule is C\C=C/C(F)=C\C(=C/C)SCCCCCCC.NC1=CCC=CC=C1NC=O. The molecular weight excluding hydrogens is 371 g/mol. The molecule has 0 bridgehead atoms. The number of hydrogen-bond donors (Lipinski definition) is 2. The van der Waals surface area contributed by atoms with Crippen molar-refractivity contribution >= 4 is 18.2 Å². The number of allylic oxidation sites excluding steroid dienone is 9. The smallest absolute Gasteiger partial charge is 0.211 e. The monoisotopic (exact) mass is 406 g/mol. The lowest BCUT2D eigenvalue weighted by molar-refractivity contribution is -0.108. The van der Waals surface area contributed by atoms with Crippen LogP contribution in [-0.2, 0) is 4.79 Å². The lowest BCUT2D eigenvalue weighted by Gasteiger charge is -2.02. The van der Waals surface area contributed by atoms with Crippen LogP contribution in [0.2, 0.25) is 0 Å². The Morgan fingerprint density at radius 3 is 2.68 bits per heavy atom. The van der Waals surface area contributed by atoms with E-state index in [1.54, 1.807) is 30.0 Å². The minimum Gasteiger partial charge on any atom is -0.397 e. The van der Waals surface area contributed by atoms with E-state index in [0.717, 1.165) is 17.1 Å². The number of amides is 1. The summed E-state index contributed by atoms with van der Waals surface area (Å²) in [6.45, 7) is 6.00. The molecule has 0 heterocycles. The van der Waals surface area contributed by atoms with Gasteiger partial charge in [-0.15, -0.1) is 11.8 Å². The van der Waals surface area contributed by atoms with E-state index in [0.29, 0.717) is 17.8 Å². The van der Waals surface area contributed by atoms with E-state index in [4.69, 9.17) is 5.73 Å². The first kappa shape index (κ1) is 26.0. The van der Waals surface area contributed by atoms with E-state index >= 15 is 0 Å². The third-order valence-corrected chi connectivity index (χ3v) is 4.99. The van der Waals surface area contributed by atoms with E-state index < -0.39 is 0 Å². The molecule has 3 N–H and O–H groups in total. The number of rotatable bonds is 11. The Balaban J connectivity index is 0.000000567. The molecule has 0 aliphatic heterocycles. The normalized spacial score (nSPS) is 14.7. The fourth-order valence-electron chi connectivity index (χ4n) is 2.29. The van der Waals surface area contributed by atoms with Gasteiger partial charge in [-0.25, -0.2) is 4.39 Å². The second-order valence-corrected chi connectivity index (χ2v) is 7.32. The summed E-state index contributed by atoms with van der Waals surface area (Å²) in [6, 6.07) is 0. The van der Waals surface area contributed by atoms with Gasteiger partial charge in [0.05, 0.1) is 11.4 Å². The van der Waals surface area contributed by atoms with Gasteiger partial charge >= 0.3 is 0 Å². The summed E-state index contributed by atoms with van der Waals surface area (Å²) >= 11 is 1.74. The van der Waals surface area contributed by atoms with Gasteiger partial charge in [0.15, 0.2) is 0 Å². The predicted octanol–water partition coefficient (Wildman–Crippen LogP) is 6.44. The highest BCUT2D eigenvalue weighted by Gasteiger charge is 1.99. The number of nitrogens with one attached hydrogen (secondary N) is 1. The second-order valence-electron chi connectivity index (χ2n) is 6.15. The standard InChI is InChI=1S/C15H25FS.C8H10N2O/c1-4-7-8-9-10-12-17-15(6-3)13-14(16)11-5-2;9-7-4-2-1-3-5-8(7)10-6-11/h5-6,11,13H,4,7-10,12H2,1-3H3;1,3-6H,2,9H2,(H,10,11)/b11-5-,14-13+,15-6+;. The van der Waals surface area contributed by atoms with Crippen LogP contribution in [0.5, 0.6) is 0 Å². The van der Waals surface area contributed by atoms with Gasteiger partial charge in [-0.2, -0.15) is 0 Å². The number of unbranched alkanes of at least 4 members (excludes halogenated alkanes) is 4. The first-order valence-electron chi connectivity index (χ1n) is 9.91. The van der Waals surface area contributed by atoms with Crippen LogP contribution in [0.15, 0.2) is 70.7 Å². The molecule has 28 heavy (non-hydrogen) atoms. The molecule has 0 aromatic rings. The van der Waals surface area contributed by atoms with Gasteiger partial charge in [-0.3, -0.25) is 4.79 Å². The van der Waals surface area contributed by atoms with Crippen LogP contribution in [0, 0.1) is 0 Å². The van der Waals surface area contributed by atoms with Crippen molar-refractivity contribution in [3.63, 3.8) is 0 Å². The number of nitrogens with two attached hydrogens (primary N) is 1. The quantitative estimate of drug-likeness (QED) is 0.236. The van der Waals surface area contributed by atoms with Crippen molar-refractivity contribution in [2.75, 3.05) is 5.75 Å². The van der Waals surface area contributed by atoms with Crippen molar-refractivity contribution in [3.05, 3.63) is 70.7 Å². The summed E-state index contributed by atoms with van der Waals surface area (Å²) in [5.74, 6) is 0.919. The number of thioether (sulfide) groups is 1. The van der Waals surface area contributed by atoms with Gasteiger partial charge in [0, 0.05) is 4.91 Å². The van der Waals surface area contributed by atoms with E-state index in [1.165, 1.54) is 38.2 Å². The third kappa shape index (κ3) is 14.1. The molecule has 1 rings (SSSR count). The molecule has 0 aromatic carbocycles. The maximum absolute atomic E-state index is 13.2. The summed E-state index contributed by atoms with van der Waals surface area (Å²) in [5, 5.41) is 2.51. The topological polar surface area (TPSA) is 55.1 Å². The van der Waals surface area contributed by atoms with Gasteiger partial charge in [-0.05, 0) is 50.7 Å². The van der Waals surface area contributed by atoms with Crippen LogP contribution in [-0.4, -0.2) is 12.2 Å². The van der Waals surface area contributed by atoms with Crippen molar-refractivity contribution < 1.29 is 9.18 Å². The molecule has 5 heteroatoms. The lowest BCUT2D eigenvalue weighted by Crippen LogP contribution is -2.16. The summed E-state index contributed by atoms with van der Waals surface area (Å²) < 4.78 is 13.2. The molecule has 0 unspecified atom stereocenters. The molecule has 156 valence electrons. The van der Waals surface area contributed by atoms with E-state index in [2.05, 4.69) is 12.2 Å². The molecule has 0 spiro atoms. The molecule has 1 amide bonds. The first-order valence-corrected chi connectivity index (χ1v) is 10.9. The molecule has 1 aliphatic carbocycles. The average molecular weight is 407 g/mol. The summed E-state index contributed by atoms with van der Waals surface area (Å²) in [7, 11) is 0. The maximum atomic E-state index is 13.2. The van der Waals surface area contributed by atoms with Gasteiger partial charge in [0.25, 0.3) is 0 Å². The molecule has 0 saturated carbocycles. The van der Waals surface area contributed by atoms with Crippen LogP contribution in [0.25, 0.3) is 0 Å². The molecule has 1 aliphatic rings. The summed E-state index contributed by atoms with van der Waals surface area (Å²) in [4.78, 5) is 11.1. The summed E-state index contributed by atoms with van der Waals surface area (Å²) in [6.07, 6.45) is 22.1. The second kappa shape index (κ2) is 18.4. The van der Waals surface area contributed by atoms with Crippen molar-refractivity contribution in [2.45, 2.75) is 59.3 Å². The molecule has 3 nitrogen and oxygen atoms in total. The fraction of sp³-hybridized carbons (Fsp3) is 0.435. The maximum Gasteiger partial charge on any atom is 0.211 e. The van der Waals surface area contributed by atoms with E-state index in [9.17, 15) is 9.18 Å². The largest absolute Gasteiger partial charge is 0.397 e. The molecular formula is C23H35FN2OS. The average Bonchev–Trinajstić information content (AvgIpc) is 2.89. The van der Waals surface area contributed by atoms with Crippen molar-refractivity contribution in [1.29, 1.82) is 0 Å². The van der Waals surface area contributed by atoms with Crippen molar-refractivity contribution in [1.82, 2.24) is 5.32 Å². The predicted molar refractivity (Wildman–Crippen MR) is 122 cm³/mol. The molecule has 0 aromatic heterocycles. The van der Waals surface area contributed by atoms with Crippen LogP contribution in [0.1, 0.15) is 59.3 Å². The molecule has 0 fully saturated rings. The van der Waals surface area contributed by atoms with Crippen molar-refractivity contribution in [3.8, 4) is 0 Å². The van der Waals surface area contributed by atoms with Gasteiger partial charge in [-0.1, -0.05) is 63.0 Å². The first-order chi connectivity index (χ1) is 13.6. The zero-order valence-corrected chi connectivity index (χ0v) is 18.2. The Labute approximate surface area is 174 Å². The zero-order chi connectivity index (χ0) is 21.0. The number of hydrogen-bond acceptors (Lipinski definition) is 3. The highest BCUT2D eigenvalue weighted by atomic mass is 32.2. The van der Waals surface area contributed by atoms with Gasteiger partial charge in [0.2, 0.25) is 6.41 Å². The molecule has 0 atom stereocenters. The van der Waals surface area contributed by atoms with E-state index in [-0.39, 0.29) is 5.83 Å².